The maximum absolute atomic E-state index is 7.50. The zero-order chi connectivity index (χ0) is 24.4. The molecule has 0 N–H and O–H groups in total. The van der Waals surface area contributed by atoms with Crippen molar-refractivity contribution in [2.75, 3.05) is 0 Å². The van der Waals surface area contributed by atoms with Crippen LogP contribution in [0, 0.1) is 33.3 Å². The number of nitrogens with zero attached hydrogens (tertiary/aromatic N) is 1. The van der Waals surface area contributed by atoms with Crippen molar-refractivity contribution >= 4 is 45.6 Å². The summed E-state index contributed by atoms with van der Waals surface area (Å²) in [6.45, 7) is 37.6. The first-order chi connectivity index (χ1) is 13.6. The fourth-order valence-electron chi connectivity index (χ4n) is 3.08. The molecule has 0 saturated heterocycles. The number of hydrogen-bond donors (Lipinski definition) is 0. The van der Waals surface area contributed by atoms with Crippen LogP contribution in [0.3, 0.4) is 0 Å². The number of halogens is 1. The average molecular weight is 696 g/mol. The Morgan fingerprint density at radius 2 is 1.03 bits per heavy atom. The first kappa shape index (κ1) is 40.0. The largest absolute Gasteiger partial charge is 0 e. The van der Waals surface area contributed by atoms with Crippen LogP contribution in [0.2, 0.25) is 39.3 Å². The van der Waals surface area contributed by atoms with E-state index in [0.717, 1.165) is 9.38 Å². The fraction of sp³-hybridized carbons (Fsp3) is 0.368. The molecule has 6 nitrogen and oxygen atoms in total. The first-order valence-electron chi connectivity index (χ1n) is 7.76. The van der Waals surface area contributed by atoms with Crippen LogP contribution >= 0.6 is 24.0 Å². The van der Waals surface area contributed by atoms with Gasteiger partial charge in [0.2, 0.25) is 0 Å². The van der Waals surface area contributed by atoms with E-state index in [1.807, 2.05) is 0 Å². The van der Waals surface area contributed by atoms with E-state index in [0.29, 0.717) is 0 Å². The summed E-state index contributed by atoms with van der Waals surface area (Å²) in [6.07, 6.45) is 0. The van der Waals surface area contributed by atoms with Gasteiger partial charge in [-0.3, -0.25) is 4.76 Å². The number of hydrogen-bond acceptors (Lipinski definition) is 1. The second-order valence-corrected chi connectivity index (χ2v) is 22.3. The molecular formula is C19H23BrNO5PSi2W. The van der Waals surface area contributed by atoms with Crippen molar-refractivity contribution in [3.63, 3.8) is 0 Å². The smallest absolute Gasteiger partial charge is 0 e. The van der Waals surface area contributed by atoms with Crippen LogP contribution in [-0.4, -0.2) is 26.5 Å². The van der Waals surface area contributed by atoms with E-state index >= 15 is 0 Å². The molecule has 1 aromatic rings. The summed E-state index contributed by atoms with van der Waals surface area (Å²) in [6, 6.07) is 8.66. The van der Waals surface area contributed by atoms with Crippen LogP contribution in [0.4, 0.5) is 0 Å². The molecule has 1 aliphatic rings. The van der Waals surface area contributed by atoms with E-state index in [-0.39, 0.29) is 29.1 Å². The molecule has 1 unspecified atom stereocenters. The zero-order valence-electron chi connectivity index (χ0n) is 17.6. The minimum atomic E-state index is -1.14. The van der Waals surface area contributed by atoms with E-state index in [2.05, 4.69) is 113 Å². The van der Waals surface area contributed by atoms with Crippen molar-refractivity contribution in [3.8, 4) is 0 Å². The van der Waals surface area contributed by atoms with Gasteiger partial charge in [0.25, 0.3) is 0 Å². The van der Waals surface area contributed by atoms with Crippen LogP contribution < -0.4 is 0 Å². The van der Waals surface area contributed by atoms with Crippen molar-refractivity contribution in [2.45, 2.75) is 44.2 Å². The molecule has 0 saturated carbocycles. The Morgan fingerprint density at radius 1 is 0.733 bits per heavy atom. The van der Waals surface area contributed by atoms with Crippen molar-refractivity contribution < 1.29 is 44.3 Å². The molecule has 1 atom stereocenters. The maximum Gasteiger partial charge on any atom is 0 e. The topological polar surface area (TPSA) is 112 Å². The van der Waals surface area contributed by atoms with E-state index in [4.69, 9.17) is 28.0 Å². The fourth-order valence-corrected chi connectivity index (χ4v) is 21.9. The summed E-state index contributed by atoms with van der Waals surface area (Å²) in [4.78, 5) is 0.911. The maximum atomic E-state index is 7.50. The molecular weight excluding hydrogens is 673 g/mol. The van der Waals surface area contributed by atoms with Gasteiger partial charge >= 0.3 is 56.5 Å². The Kier molecular flexibility index (Phi) is 29.1. The number of benzene rings is 1. The van der Waals surface area contributed by atoms with Crippen molar-refractivity contribution in [2.24, 2.45) is 4.76 Å². The van der Waals surface area contributed by atoms with E-state index in [1.165, 1.54) is 11.0 Å². The molecule has 0 fully saturated rings. The van der Waals surface area contributed by atoms with E-state index < -0.39 is 16.1 Å². The van der Waals surface area contributed by atoms with Gasteiger partial charge < -0.3 is 0 Å². The first-order valence-corrected chi connectivity index (χ1v) is 17.1. The molecule has 2 rings (SSSR count). The minimum absolute atomic E-state index is 0. The molecule has 0 aliphatic carbocycles. The standard InChI is InChI=1S/C14H23BrNPSi2.5CO.W/c1-18(2,3)14(19(4,5)6)17-13(16-17)11-7-9-12(15)10-8-11;5*1-2;/h7-10,14H,1-6H3;;;;;;. The molecule has 0 aromatic heterocycles. The van der Waals surface area contributed by atoms with Gasteiger partial charge in [0.15, 0.2) is 0 Å². The summed E-state index contributed by atoms with van der Waals surface area (Å²) in [5.74, 6) is 0. The third-order valence-electron chi connectivity index (χ3n) is 3.37. The van der Waals surface area contributed by atoms with Gasteiger partial charge in [-0.15, -0.1) is 0 Å². The molecule has 0 spiro atoms. The molecule has 1 aromatic carbocycles. The average Bonchev–Trinajstić information content (AvgIpc) is 3.47. The Hall–Kier alpha value is -0.378. The minimum Gasteiger partial charge on any atom is 0 e. The summed E-state index contributed by atoms with van der Waals surface area (Å²) in [5.41, 5.74) is 2.76. The van der Waals surface area contributed by atoms with Gasteiger partial charge in [-0.25, -0.2) is 0 Å². The van der Waals surface area contributed by atoms with Crippen LogP contribution in [0.25, 0.3) is 0 Å². The van der Waals surface area contributed by atoms with Crippen LogP contribution in [0.5, 0.6) is 0 Å². The molecule has 30 heavy (non-hydrogen) atoms. The Bertz CT molecular complexity index is 671. The van der Waals surface area contributed by atoms with Gasteiger partial charge in [-0.1, -0.05) is 67.3 Å². The van der Waals surface area contributed by atoms with Gasteiger partial charge in [0.05, 0.1) is 29.7 Å². The third-order valence-corrected chi connectivity index (χ3v) is 20.0. The molecule has 0 bridgehead atoms. The third kappa shape index (κ3) is 15.4. The number of rotatable bonds is 4. The molecule has 0 amide bonds. The van der Waals surface area contributed by atoms with Gasteiger partial charge in [-0.05, 0) is 17.0 Å². The summed E-state index contributed by atoms with van der Waals surface area (Å²) < 4.78 is 43.6. The normalized spacial score (nSPS) is 12.7. The van der Waals surface area contributed by atoms with E-state index in [1.54, 1.807) is 0 Å². The van der Waals surface area contributed by atoms with Crippen LogP contribution in [0.1, 0.15) is 5.56 Å². The predicted molar refractivity (Wildman–Crippen MR) is 118 cm³/mol. The Morgan fingerprint density at radius 3 is 1.30 bits per heavy atom. The molecule has 160 valence electrons. The van der Waals surface area contributed by atoms with Crippen LogP contribution in [-0.2, 0) is 44.3 Å². The van der Waals surface area contributed by atoms with Gasteiger partial charge in [-0.2, -0.15) is 0 Å². The molecule has 1 heterocycles. The quantitative estimate of drug-likeness (QED) is 0.171. The van der Waals surface area contributed by atoms with Crippen molar-refractivity contribution in [1.82, 2.24) is 0 Å². The van der Waals surface area contributed by atoms with Crippen molar-refractivity contribution in [3.05, 3.63) is 67.6 Å². The molecule has 1 aliphatic heterocycles. The SMILES string of the molecule is C[Si](C)(C)C(P1N=C1c1ccc(Br)cc1)[Si](C)(C)C.[C-]#[O+].[C-]#[O+].[C-]#[O+].[C-]#[O+].[C-]#[O+].[W]. The second-order valence-electron chi connectivity index (χ2n) is 7.41. The molecule has 0 radical (unpaired) electrons. The predicted octanol–water partition coefficient (Wildman–Crippen LogP) is 5.54. The Balaban J connectivity index is -0.000000166. The van der Waals surface area contributed by atoms with Crippen LogP contribution in [0.15, 0.2) is 33.5 Å². The van der Waals surface area contributed by atoms with Gasteiger partial charge in [0.1, 0.15) is 0 Å². The van der Waals surface area contributed by atoms with Gasteiger partial charge in [0, 0.05) is 31.1 Å². The van der Waals surface area contributed by atoms with Crippen molar-refractivity contribution in [1.29, 1.82) is 0 Å². The zero-order valence-corrected chi connectivity index (χ0v) is 25.0. The summed E-state index contributed by atoms with van der Waals surface area (Å²) in [5, 5.41) is 0. The second kappa shape index (κ2) is 21.8. The Labute approximate surface area is 205 Å². The summed E-state index contributed by atoms with van der Waals surface area (Å²) >= 11 is 3.50. The monoisotopic (exact) mass is 695 g/mol. The summed E-state index contributed by atoms with van der Waals surface area (Å²) in [7, 11) is -2.47. The molecule has 11 heteroatoms. The van der Waals surface area contributed by atoms with E-state index in [9.17, 15) is 0 Å².